The molecule has 11 heteroatoms. The van der Waals surface area contributed by atoms with Crippen LogP contribution in [0.4, 0.5) is 16.3 Å². The van der Waals surface area contributed by atoms with E-state index in [0.717, 1.165) is 5.56 Å². The van der Waals surface area contributed by atoms with Crippen LogP contribution in [0.3, 0.4) is 0 Å². The van der Waals surface area contributed by atoms with Crippen LogP contribution in [0.1, 0.15) is 32.4 Å². The molecule has 2 N–H and O–H groups in total. The number of benzene rings is 2. The van der Waals surface area contributed by atoms with Gasteiger partial charge in [0.25, 0.3) is 0 Å². The quantitative estimate of drug-likeness (QED) is 0.428. The van der Waals surface area contributed by atoms with Gasteiger partial charge in [-0.05, 0) is 63.1 Å². The largest absolute Gasteiger partial charge is 0.377 e. The summed E-state index contributed by atoms with van der Waals surface area (Å²) in [5, 5.41) is 5.53. The van der Waals surface area contributed by atoms with Crippen molar-refractivity contribution in [3.63, 3.8) is 0 Å². The normalized spacial score (nSPS) is 23.6. The van der Waals surface area contributed by atoms with Crippen molar-refractivity contribution in [3.8, 4) is 11.4 Å². The summed E-state index contributed by atoms with van der Waals surface area (Å²) in [6.07, 6.45) is 0.759. The van der Waals surface area contributed by atoms with Crippen LogP contribution in [0, 0.1) is 0 Å². The first kappa shape index (κ1) is 25.7. The van der Waals surface area contributed by atoms with Crippen molar-refractivity contribution >= 4 is 27.4 Å². The maximum Gasteiger partial charge on any atom is 0.321 e. The molecule has 0 bridgehead atoms. The maximum atomic E-state index is 13.8. The van der Waals surface area contributed by atoms with Crippen molar-refractivity contribution in [2.75, 3.05) is 30.0 Å². The molecule has 0 radical (unpaired) electrons. The summed E-state index contributed by atoms with van der Waals surface area (Å²) in [6, 6.07) is 17.3. The number of morpholine rings is 1. The summed E-state index contributed by atoms with van der Waals surface area (Å²) in [7, 11) is -3.67. The molecule has 3 aromatic rings. The van der Waals surface area contributed by atoms with Crippen LogP contribution in [-0.4, -0.2) is 62.5 Å². The molecule has 6 rings (SSSR count). The second kappa shape index (κ2) is 9.89. The Bertz CT molecular complexity index is 1480. The molecule has 3 atom stereocenters. The molecular formula is C28H31N5O5S. The summed E-state index contributed by atoms with van der Waals surface area (Å²) in [6.45, 7) is 5.73. The Balaban J connectivity index is 1.35. The van der Waals surface area contributed by atoms with Crippen molar-refractivity contribution in [2.24, 2.45) is 0 Å². The number of sulfone groups is 1. The molecule has 3 heterocycles. The Morgan fingerprint density at radius 3 is 2.41 bits per heavy atom. The van der Waals surface area contributed by atoms with Crippen molar-refractivity contribution in [1.82, 2.24) is 15.3 Å². The minimum absolute atomic E-state index is 0.0198. The molecule has 204 valence electrons. The molecule has 2 aromatic carbocycles. The molecule has 10 nitrogen and oxygen atoms in total. The average molecular weight is 550 g/mol. The number of nitrogens with one attached hydrogen (secondary N) is 2. The van der Waals surface area contributed by atoms with Crippen molar-refractivity contribution in [3.05, 3.63) is 66.4 Å². The predicted octanol–water partition coefficient (Wildman–Crippen LogP) is 3.70. The average Bonchev–Trinajstić information content (AvgIpc) is 3.87. The van der Waals surface area contributed by atoms with E-state index in [9.17, 15) is 13.2 Å². The highest BCUT2D eigenvalue weighted by molar-refractivity contribution is 7.92. The number of ether oxygens (including phenoxy) is 2. The molecule has 1 saturated carbocycles. The highest BCUT2D eigenvalue weighted by Crippen LogP contribution is 2.55. The number of nitrogens with zero attached hydrogens (tertiary/aromatic N) is 3. The van der Waals surface area contributed by atoms with E-state index in [0.29, 0.717) is 60.5 Å². The number of hydrogen-bond donors (Lipinski definition) is 2. The second-order valence-electron chi connectivity index (χ2n) is 10.3. The fourth-order valence-corrected chi connectivity index (χ4v) is 6.94. The van der Waals surface area contributed by atoms with Crippen LogP contribution in [0.25, 0.3) is 11.4 Å². The Morgan fingerprint density at radius 1 is 1.05 bits per heavy atom. The Kier molecular flexibility index (Phi) is 6.52. The molecular weight excluding hydrogens is 518 g/mol. The van der Waals surface area contributed by atoms with Gasteiger partial charge in [0.05, 0.1) is 29.8 Å². The number of carbonyl (C=O) groups excluding carboxylic acids is 1. The smallest absolute Gasteiger partial charge is 0.321 e. The van der Waals surface area contributed by atoms with E-state index in [2.05, 4.69) is 22.5 Å². The van der Waals surface area contributed by atoms with Gasteiger partial charge in [0, 0.05) is 23.9 Å². The molecule has 1 aliphatic carbocycles. The van der Waals surface area contributed by atoms with Gasteiger partial charge in [0.2, 0.25) is 0 Å². The lowest BCUT2D eigenvalue weighted by Crippen LogP contribution is -2.44. The first-order chi connectivity index (χ1) is 18.8. The van der Waals surface area contributed by atoms with Crippen LogP contribution >= 0.6 is 0 Å². The molecule has 0 spiro atoms. The van der Waals surface area contributed by atoms with Crippen LogP contribution in [0.2, 0.25) is 0 Å². The number of urea groups is 1. The predicted molar refractivity (Wildman–Crippen MR) is 146 cm³/mol. The first-order valence-electron chi connectivity index (χ1n) is 13.1. The number of rotatable bonds is 7. The van der Waals surface area contributed by atoms with Gasteiger partial charge in [-0.2, -0.15) is 0 Å². The lowest BCUT2D eigenvalue weighted by Gasteiger charge is -2.34. The van der Waals surface area contributed by atoms with E-state index in [1.54, 1.807) is 36.4 Å². The molecule has 2 unspecified atom stereocenters. The molecule has 39 heavy (non-hydrogen) atoms. The third-order valence-electron chi connectivity index (χ3n) is 7.50. The molecule has 2 aliphatic heterocycles. The number of epoxide rings is 1. The number of anilines is 2. The highest BCUT2D eigenvalue weighted by Gasteiger charge is 2.58. The Morgan fingerprint density at radius 2 is 1.77 bits per heavy atom. The van der Waals surface area contributed by atoms with Crippen molar-refractivity contribution in [2.45, 2.75) is 54.7 Å². The van der Waals surface area contributed by atoms with Gasteiger partial charge in [0.15, 0.2) is 21.9 Å². The van der Waals surface area contributed by atoms with E-state index in [1.807, 2.05) is 31.2 Å². The van der Waals surface area contributed by atoms with Gasteiger partial charge in [0.1, 0.15) is 16.7 Å². The number of aromatic nitrogens is 2. The lowest BCUT2D eigenvalue weighted by atomic mass is 10.1. The standard InChI is InChI=1S/C28H31N5O5S/c1-18-17-37-15-14-33(18)24-16-23(28(12-13-28)39(35,36)22-6-4-3-5-7-22)30-25(31-24)20-8-10-21(11-9-20)29-27(34)32-26-19(2)38-26/h3-11,16,18-19,26H,12-15,17H2,1-2H3,(H2,29,32,34)/t18-,19?,26?/m0/s1. The topological polar surface area (TPSA) is 126 Å². The third kappa shape index (κ3) is 4.97. The molecule has 2 saturated heterocycles. The number of carbonyl (C=O) groups is 1. The molecule has 1 aromatic heterocycles. The second-order valence-corrected chi connectivity index (χ2v) is 12.6. The van der Waals surface area contributed by atoms with Gasteiger partial charge >= 0.3 is 6.03 Å². The van der Waals surface area contributed by atoms with Gasteiger partial charge in [-0.15, -0.1) is 0 Å². The van der Waals surface area contributed by atoms with E-state index in [4.69, 9.17) is 19.4 Å². The van der Waals surface area contributed by atoms with Crippen molar-refractivity contribution in [1.29, 1.82) is 0 Å². The fraction of sp³-hybridized carbons (Fsp3) is 0.393. The SMILES string of the molecule is CC1OC1NC(=O)Nc1ccc(-c2nc(N3CCOC[C@@H]3C)cc(C3(S(=O)(=O)c4ccccc4)CC3)n2)cc1. The molecule has 2 amide bonds. The summed E-state index contributed by atoms with van der Waals surface area (Å²) < 4.78 is 37.4. The highest BCUT2D eigenvalue weighted by atomic mass is 32.2. The van der Waals surface area contributed by atoms with E-state index >= 15 is 0 Å². The van der Waals surface area contributed by atoms with Gasteiger partial charge in [-0.25, -0.2) is 23.2 Å². The molecule has 3 aliphatic rings. The number of amides is 2. The summed E-state index contributed by atoms with van der Waals surface area (Å²) in [5.74, 6) is 1.12. The third-order valence-corrected chi connectivity index (χ3v) is 10.0. The summed E-state index contributed by atoms with van der Waals surface area (Å²) in [5.41, 5.74) is 1.83. The van der Waals surface area contributed by atoms with E-state index in [1.165, 1.54) is 0 Å². The lowest BCUT2D eigenvalue weighted by molar-refractivity contribution is 0.0985. The Labute approximate surface area is 227 Å². The van der Waals surface area contributed by atoms with Crippen LogP contribution in [-0.2, 0) is 24.1 Å². The monoisotopic (exact) mass is 549 g/mol. The zero-order chi connectivity index (χ0) is 27.2. The van der Waals surface area contributed by atoms with Crippen molar-refractivity contribution < 1.29 is 22.7 Å². The van der Waals surface area contributed by atoms with Gasteiger partial charge in [-0.3, -0.25) is 0 Å². The summed E-state index contributed by atoms with van der Waals surface area (Å²) in [4.78, 5) is 24.3. The fourth-order valence-electron chi connectivity index (χ4n) is 4.95. The summed E-state index contributed by atoms with van der Waals surface area (Å²) >= 11 is 0. The maximum absolute atomic E-state index is 13.8. The van der Waals surface area contributed by atoms with Crippen LogP contribution < -0.4 is 15.5 Å². The molecule has 3 fully saturated rings. The Hall–Kier alpha value is -3.54. The van der Waals surface area contributed by atoms with Crippen LogP contribution in [0.5, 0.6) is 0 Å². The first-order valence-corrected chi connectivity index (χ1v) is 14.6. The minimum Gasteiger partial charge on any atom is -0.377 e. The minimum atomic E-state index is -3.67. The van der Waals surface area contributed by atoms with Gasteiger partial charge < -0.3 is 25.0 Å². The number of hydrogen-bond acceptors (Lipinski definition) is 8. The van der Waals surface area contributed by atoms with E-state index in [-0.39, 0.29) is 24.4 Å². The van der Waals surface area contributed by atoms with Gasteiger partial charge in [-0.1, -0.05) is 18.2 Å². The van der Waals surface area contributed by atoms with E-state index < -0.39 is 14.6 Å². The zero-order valence-corrected chi connectivity index (χ0v) is 22.6. The zero-order valence-electron chi connectivity index (χ0n) is 21.8. The van der Waals surface area contributed by atoms with Crippen LogP contribution in [0.15, 0.2) is 65.6 Å².